The molecule has 0 saturated carbocycles. The van der Waals surface area contributed by atoms with E-state index in [2.05, 4.69) is 20.3 Å². The van der Waals surface area contributed by atoms with Crippen molar-refractivity contribution in [3.63, 3.8) is 0 Å². The highest BCUT2D eigenvalue weighted by atomic mass is 35.5. The molecule has 2 aromatic heterocycles. The first-order valence-corrected chi connectivity index (χ1v) is 8.93. The number of nitriles is 1. The number of pyridine rings is 1. The van der Waals surface area contributed by atoms with Crippen LogP contribution in [0.3, 0.4) is 0 Å². The van der Waals surface area contributed by atoms with Crippen molar-refractivity contribution in [2.24, 2.45) is 0 Å². The molecule has 6 nitrogen and oxygen atoms in total. The first-order valence-electron chi connectivity index (χ1n) is 8.55. The van der Waals surface area contributed by atoms with Gasteiger partial charge in [0.1, 0.15) is 5.69 Å². The fraction of sp³-hybridized carbons (Fsp3) is 0.150. The highest BCUT2D eigenvalue weighted by Gasteiger charge is 2.31. The molecule has 0 fully saturated rings. The first-order chi connectivity index (χ1) is 14.2. The maximum atomic E-state index is 12.8. The van der Waals surface area contributed by atoms with Crippen molar-refractivity contribution >= 4 is 17.5 Å². The van der Waals surface area contributed by atoms with Crippen molar-refractivity contribution in [1.82, 2.24) is 20.3 Å². The lowest BCUT2D eigenvalue weighted by molar-refractivity contribution is -0.137. The van der Waals surface area contributed by atoms with Gasteiger partial charge in [-0.05, 0) is 37.3 Å². The Balaban J connectivity index is 1.87. The highest BCUT2D eigenvalue weighted by Crippen LogP contribution is 2.30. The lowest BCUT2D eigenvalue weighted by Gasteiger charge is -2.16. The summed E-state index contributed by atoms with van der Waals surface area (Å²) in [4.78, 5) is 24.8. The Morgan fingerprint density at radius 1 is 1.17 bits per heavy atom. The number of alkyl halides is 3. The second-order valence-corrected chi connectivity index (χ2v) is 6.69. The van der Waals surface area contributed by atoms with Crippen LogP contribution in [0.25, 0.3) is 11.4 Å². The van der Waals surface area contributed by atoms with E-state index in [1.54, 1.807) is 6.92 Å². The Labute approximate surface area is 174 Å². The zero-order chi connectivity index (χ0) is 21.9. The van der Waals surface area contributed by atoms with E-state index in [0.29, 0.717) is 11.9 Å². The third-order valence-electron chi connectivity index (χ3n) is 4.11. The van der Waals surface area contributed by atoms with E-state index in [1.807, 2.05) is 6.07 Å². The molecule has 3 rings (SSSR count). The number of halogens is 4. The van der Waals surface area contributed by atoms with Gasteiger partial charge in [-0.1, -0.05) is 11.6 Å². The molecule has 0 saturated heterocycles. The smallest absolute Gasteiger partial charge is 0.344 e. The minimum absolute atomic E-state index is 0.182. The van der Waals surface area contributed by atoms with Gasteiger partial charge in [0.05, 0.1) is 34.6 Å². The van der Waals surface area contributed by atoms with Gasteiger partial charge >= 0.3 is 6.18 Å². The SMILES string of the molecule is CC(NC(=O)c1cc(Cl)cc(C#N)c1)c1nccnc1-c1ccc(C(F)(F)F)cn1. The molecule has 0 aliphatic carbocycles. The minimum atomic E-state index is -4.50. The van der Waals surface area contributed by atoms with E-state index in [0.717, 1.165) is 6.07 Å². The van der Waals surface area contributed by atoms with Gasteiger partial charge in [0.25, 0.3) is 5.91 Å². The Morgan fingerprint density at radius 3 is 2.53 bits per heavy atom. The molecule has 10 heteroatoms. The third-order valence-corrected chi connectivity index (χ3v) is 4.33. The maximum Gasteiger partial charge on any atom is 0.417 e. The Bertz CT molecular complexity index is 1130. The summed E-state index contributed by atoms with van der Waals surface area (Å²) in [5.74, 6) is -0.501. The van der Waals surface area contributed by atoms with Gasteiger partial charge in [0.15, 0.2) is 0 Å². The number of nitrogens with zero attached hydrogens (tertiary/aromatic N) is 4. The standard InChI is InChI=1S/C20H13ClF3N5O/c1-11(29-19(30)13-6-12(9-25)7-15(21)8-13)17-18(27-5-4-26-17)16-3-2-14(10-28-16)20(22,23)24/h2-8,10-11H,1H3,(H,29,30). The van der Waals surface area contributed by atoms with Gasteiger partial charge in [-0.25, -0.2) is 0 Å². The fourth-order valence-electron chi connectivity index (χ4n) is 2.70. The minimum Gasteiger partial charge on any atom is -0.344 e. The molecule has 0 radical (unpaired) electrons. The van der Waals surface area contributed by atoms with E-state index in [-0.39, 0.29) is 27.5 Å². The number of amides is 1. The molecule has 0 aliphatic heterocycles. The van der Waals surface area contributed by atoms with Gasteiger partial charge in [-0.15, -0.1) is 0 Å². The Morgan fingerprint density at radius 2 is 1.90 bits per heavy atom. The van der Waals surface area contributed by atoms with Crippen molar-refractivity contribution in [3.05, 3.63) is 76.3 Å². The largest absolute Gasteiger partial charge is 0.417 e. The summed E-state index contributed by atoms with van der Waals surface area (Å²) in [6.45, 7) is 1.64. The molecule has 1 N–H and O–H groups in total. The molecule has 1 amide bonds. The maximum absolute atomic E-state index is 12.8. The van der Waals surface area contributed by atoms with Crippen LogP contribution in [-0.4, -0.2) is 20.9 Å². The normalized spacial score (nSPS) is 12.1. The van der Waals surface area contributed by atoms with Crippen LogP contribution in [0.5, 0.6) is 0 Å². The number of hydrogen-bond donors (Lipinski definition) is 1. The summed E-state index contributed by atoms with van der Waals surface area (Å²) < 4.78 is 38.3. The molecule has 30 heavy (non-hydrogen) atoms. The van der Waals surface area contributed by atoms with Crippen LogP contribution < -0.4 is 5.32 Å². The van der Waals surface area contributed by atoms with E-state index in [4.69, 9.17) is 16.9 Å². The number of nitrogens with one attached hydrogen (secondary N) is 1. The molecule has 2 heterocycles. The monoisotopic (exact) mass is 431 g/mol. The summed E-state index contributed by atoms with van der Waals surface area (Å²) in [6.07, 6.45) is -1.01. The summed E-state index contributed by atoms with van der Waals surface area (Å²) >= 11 is 5.93. The molecule has 152 valence electrons. The molecular formula is C20H13ClF3N5O. The molecule has 0 spiro atoms. The van der Waals surface area contributed by atoms with Gasteiger partial charge in [0, 0.05) is 29.2 Å². The van der Waals surface area contributed by atoms with Gasteiger partial charge in [-0.3, -0.25) is 19.7 Å². The van der Waals surface area contributed by atoms with Crippen molar-refractivity contribution in [3.8, 4) is 17.5 Å². The lowest BCUT2D eigenvalue weighted by Crippen LogP contribution is -2.28. The van der Waals surface area contributed by atoms with Gasteiger partial charge < -0.3 is 5.32 Å². The average molecular weight is 432 g/mol. The second kappa shape index (κ2) is 8.47. The summed E-state index contributed by atoms with van der Waals surface area (Å²) in [5.41, 5.74) is 0.274. The highest BCUT2D eigenvalue weighted by molar-refractivity contribution is 6.31. The van der Waals surface area contributed by atoms with Crippen LogP contribution in [0.4, 0.5) is 13.2 Å². The summed E-state index contributed by atoms with van der Waals surface area (Å²) in [5, 5.41) is 12.0. The Hall–Kier alpha value is -3.51. The van der Waals surface area contributed by atoms with E-state index in [1.165, 1.54) is 36.7 Å². The van der Waals surface area contributed by atoms with E-state index < -0.39 is 23.7 Å². The predicted octanol–water partition coefficient (Wildman–Crippen LogP) is 4.57. The number of benzene rings is 1. The zero-order valence-corrected chi connectivity index (χ0v) is 16.2. The lowest BCUT2D eigenvalue weighted by atomic mass is 10.1. The molecule has 1 atom stereocenters. The number of carbonyl (C=O) groups is 1. The number of hydrogen-bond acceptors (Lipinski definition) is 5. The van der Waals surface area contributed by atoms with Crippen LogP contribution >= 0.6 is 11.6 Å². The van der Waals surface area contributed by atoms with Crippen LogP contribution in [0.1, 0.15) is 40.1 Å². The molecule has 1 unspecified atom stereocenters. The number of carbonyl (C=O) groups excluding carboxylic acids is 1. The van der Waals surface area contributed by atoms with Crippen molar-refractivity contribution in [2.75, 3.05) is 0 Å². The molecule has 0 bridgehead atoms. The van der Waals surface area contributed by atoms with Crippen molar-refractivity contribution in [1.29, 1.82) is 5.26 Å². The van der Waals surface area contributed by atoms with Crippen molar-refractivity contribution in [2.45, 2.75) is 19.1 Å². The number of aromatic nitrogens is 3. The first kappa shape index (κ1) is 21.2. The quantitative estimate of drug-likeness (QED) is 0.653. The van der Waals surface area contributed by atoms with Gasteiger partial charge in [-0.2, -0.15) is 18.4 Å². The van der Waals surface area contributed by atoms with Crippen LogP contribution in [0, 0.1) is 11.3 Å². The second-order valence-electron chi connectivity index (χ2n) is 6.26. The van der Waals surface area contributed by atoms with E-state index in [9.17, 15) is 18.0 Å². The van der Waals surface area contributed by atoms with Crippen LogP contribution in [0.15, 0.2) is 48.9 Å². The van der Waals surface area contributed by atoms with Crippen LogP contribution in [0.2, 0.25) is 5.02 Å². The Kier molecular flexibility index (Phi) is 5.99. The van der Waals surface area contributed by atoms with Crippen molar-refractivity contribution < 1.29 is 18.0 Å². The van der Waals surface area contributed by atoms with Crippen LogP contribution in [-0.2, 0) is 6.18 Å². The topological polar surface area (TPSA) is 91.6 Å². The predicted molar refractivity (Wildman–Crippen MR) is 102 cm³/mol. The molecule has 0 aliphatic rings. The average Bonchev–Trinajstić information content (AvgIpc) is 2.72. The molecule has 1 aromatic carbocycles. The summed E-state index contributed by atoms with van der Waals surface area (Å²) in [6, 6.07) is 7.60. The van der Waals surface area contributed by atoms with Gasteiger partial charge in [0.2, 0.25) is 0 Å². The zero-order valence-electron chi connectivity index (χ0n) is 15.4. The fourth-order valence-corrected chi connectivity index (χ4v) is 2.93. The third kappa shape index (κ3) is 4.72. The molecule has 3 aromatic rings. The summed E-state index contributed by atoms with van der Waals surface area (Å²) in [7, 11) is 0. The van der Waals surface area contributed by atoms with E-state index >= 15 is 0 Å². The molecular weight excluding hydrogens is 419 g/mol. The number of rotatable bonds is 4.